The molecule has 0 fully saturated rings. The SMILES string of the molecule is N#CC(c1ccnc(NCCc2ccc(S(=O)(=O)NC(C#N)(c3ccnc(NCCc4cccnc4)n3)c3nc4cc(C(F)(F)F)ccc4s3)cc2)n1)c1nc2ccccc2s1. The maximum atomic E-state index is 14.2. The molecule has 5 aromatic heterocycles. The van der Waals surface area contributed by atoms with Gasteiger partial charge in [0.05, 0.1) is 48.3 Å². The molecule has 14 nitrogen and oxygen atoms in total. The topological polar surface area (TPSA) is 208 Å². The summed E-state index contributed by atoms with van der Waals surface area (Å²) in [7, 11) is -4.53. The first kappa shape index (κ1) is 41.8. The second kappa shape index (κ2) is 17.6. The number of sulfonamides is 1. The maximum absolute atomic E-state index is 14.2. The Labute approximate surface area is 360 Å². The fraction of sp³-hybridized carbons (Fsp3) is 0.167. The van der Waals surface area contributed by atoms with Crippen molar-refractivity contribution in [2.24, 2.45) is 0 Å². The second-order valence-electron chi connectivity index (χ2n) is 13.7. The van der Waals surface area contributed by atoms with E-state index in [0.29, 0.717) is 47.3 Å². The third-order valence-electron chi connectivity index (χ3n) is 9.54. The first-order chi connectivity index (χ1) is 29.9. The fourth-order valence-corrected chi connectivity index (χ4v) is 9.81. The van der Waals surface area contributed by atoms with Crippen molar-refractivity contribution >= 4 is 65.0 Å². The molecule has 0 aliphatic rings. The first-order valence-electron chi connectivity index (χ1n) is 18.7. The zero-order valence-electron chi connectivity index (χ0n) is 32.1. The van der Waals surface area contributed by atoms with E-state index in [4.69, 9.17) is 0 Å². The van der Waals surface area contributed by atoms with Crippen LogP contribution in [0, 0.1) is 22.7 Å². The van der Waals surface area contributed by atoms with Crippen LogP contribution in [0.2, 0.25) is 0 Å². The van der Waals surface area contributed by atoms with Crippen molar-refractivity contribution in [2.75, 3.05) is 23.7 Å². The smallest absolute Gasteiger partial charge is 0.354 e. The number of hydrogen-bond acceptors (Lipinski definition) is 15. The van der Waals surface area contributed by atoms with E-state index in [-0.39, 0.29) is 27.1 Å². The van der Waals surface area contributed by atoms with E-state index >= 15 is 0 Å². The molecule has 0 radical (unpaired) electrons. The molecule has 0 aliphatic carbocycles. The van der Waals surface area contributed by atoms with Gasteiger partial charge in [0.1, 0.15) is 22.0 Å². The lowest BCUT2D eigenvalue weighted by atomic mass is 9.99. The molecule has 0 saturated heterocycles. The van der Waals surface area contributed by atoms with Crippen LogP contribution in [0.3, 0.4) is 0 Å². The van der Waals surface area contributed by atoms with Gasteiger partial charge in [0.15, 0.2) is 0 Å². The van der Waals surface area contributed by atoms with E-state index in [1.165, 1.54) is 41.8 Å². The summed E-state index contributed by atoms with van der Waals surface area (Å²) in [6.45, 7) is 0.736. The zero-order valence-corrected chi connectivity index (χ0v) is 34.5. The number of para-hydroxylation sites is 1. The monoisotopic (exact) mass is 888 g/mol. The number of nitrogens with one attached hydrogen (secondary N) is 3. The molecule has 20 heteroatoms. The second-order valence-corrected chi connectivity index (χ2v) is 17.5. The number of thiazole rings is 2. The third kappa shape index (κ3) is 9.04. The van der Waals surface area contributed by atoms with Crippen LogP contribution in [-0.2, 0) is 34.6 Å². The summed E-state index contributed by atoms with van der Waals surface area (Å²) in [5.74, 6) is -0.299. The Kier molecular flexibility index (Phi) is 11.8. The standard InChI is InChI=1S/C42H31F3N12O2S3/c43-42(44,45)28-9-12-35-33(22-28)54-38(61-35)41(25-47,36-16-21-52-40(56-36)50-19-14-27-4-3-17-48-24-27)57-62(58,59)29-10-7-26(8-11-29)13-18-49-39-51-20-15-31(55-39)30(23-46)37-53-32-5-1-2-6-34(32)60-37/h1-12,15-17,20-22,24,30,57H,13-14,18-19H2,(H,49,51,55)(H,50,52,56). The number of fused-ring (bicyclic) bond motifs is 2. The van der Waals surface area contributed by atoms with Crippen molar-refractivity contribution in [3.05, 3.63) is 154 Å². The fourth-order valence-electron chi connectivity index (χ4n) is 6.41. The average molecular weight is 889 g/mol. The predicted octanol–water partition coefficient (Wildman–Crippen LogP) is 7.61. The number of hydrogen-bond donors (Lipinski definition) is 3. The van der Waals surface area contributed by atoms with E-state index in [2.05, 4.69) is 56.3 Å². The van der Waals surface area contributed by atoms with Gasteiger partial charge in [-0.1, -0.05) is 30.3 Å². The van der Waals surface area contributed by atoms with Gasteiger partial charge in [-0.05, 0) is 84.6 Å². The van der Waals surface area contributed by atoms with Crippen molar-refractivity contribution < 1.29 is 21.6 Å². The zero-order chi connectivity index (χ0) is 43.3. The predicted molar refractivity (Wildman–Crippen MR) is 228 cm³/mol. The van der Waals surface area contributed by atoms with Gasteiger partial charge in [0.25, 0.3) is 0 Å². The molecule has 2 unspecified atom stereocenters. The Balaban J connectivity index is 1.01. The van der Waals surface area contributed by atoms with Gasteiger partial charge >= 0.3 is 6.18 Å². The summed E-state index contributed by atoms with van der Waals surface area (Å²) in [4.78, 5) is 30.5. The number of halogens is 3. The molecule has 0 saturated carbocycles. The molecule has 2 atom stereocenters. The molecular weight excluding hydrogens is 858 g/mol. The summed E-state index contributed by atoms with van der Waals surface area (Å²) in [5, 5.41) is 27.6. The van der Waals surface area contributed by atoms with Gasteiger partial charge in [-0.3, -0.25) is 4.98 Å². The molecule has 8 rings (SSSR count). The maximum Gasteiger partial charge on any atom is 0.416 e. The van der Waals surface area contributed by atoms with E-state index in [9.17, 15) is 32.1 Å². The normalized spacial score (nSPS) is 13.2. The number of aromatic nitrogens is 7. The van der Waals surface area contributed by atoms with Gasteiger partial charge in [-0.15, -0.1) is 22.7 Å². The average Bonchev–Trinajstić information content (AvgIpc) is 3.91. The Morgan fingerprint density at radius 1 is 0.726 bits per heavy atom. The van der Waals surface area contributed by atoms with E-state index < -0.39 is 33.2 Å². The van der Waals surface area contributed by atoms with Crippen molar-refractivity contribution in [1.29, 1.82) is 10.5 Å². The number of anilines is 2. The highest BCUT2D eigenvalue weighted by molar-refractivity contribution is 7.89. The highest BCUT2D eigenvalue weighted by Crippen LogP contribution is 2.38. The number of pyridine rings is 1. The van der Waals surface area contributed by atoms with Crippen LogP contribution in [-0.4, -0.2) is 56.4 Å². The molecule has 8 aromatic rings. The highest BCUT2D eigenvalue weighted by Gasteiger charge is 2.44. The molecule has 3 N–H and O–H groups in total. The minimum Gasteiger partial charge on any atom is -0.354 e. The van der Waals surface area contributed by atoms with Gasteiger partial charge in [0.2, 0.25) is 27.5 Å². The molecule has 62 heavy (non-hydrogen) atoms. The van der Waals surface area contributed by atoms with Crippen LogP contribution < -0.4 is 15.4 Å². The molecule has 310 valence electrons. The van der Waals surface area contributed by atoms with E-state index in [1.54, 1.807) is 42.9 Å². The summed E-state index contributed by atoms with van der Waals surface area (Å²) >= 11 is 2.29. The van der Waals surface area contributed by atoms with Crippen molar-refractivity contribution in [2.45, 2.75) is 35.4 Å². The lowest BCUT2D eigenvalue weighted by Gasteiger charge is -2.25. The molecule has 0 aliphatic heterocycles. The lowest BCUT2D eigenvalue weighted by Crippen LogP contribution is -2.46. The van der Waals surface area contributed by atoms with Gasteiger partial charge in [0, 0.05) is 37.9 Å². The summed E-state index contributed by atoms with van der Waals surface area (Å²) < 4.78 is 73.1. The van der Waals surface area contributed by atoms with Crippen LogP contribution in [0.5, 0.6) is 0 Å². The van der Waals surface area contributed by atoms with Crippen molar-refractivity contribution in [1.82, 2.24) is 39.6 Å². The number of nitriles is 2. The van der Waals surface area contributed by atoms with Crippen molar-refractivity contribution in [3.63, 3.8) is 0 Å². The molecule has 0 spiro atoms. The highest BCUT2D eigenvalue weighted by atomic mass is 32.2. The number of alkyl halides is 3. The molecule has 5 heterocycles. The quantitative estimate of drug-likeness (QED) is 0.0907. The summed E-state index contributed by atoms with van der Waals surface area (Å²) in [6.07, 6.45) is 2.61. The Morgan fingerprint density at radius 3 is 2.16 bits per heavy atom. The third-order valence-corrected chi connectivity index (χ3v) is 13.3. The minimum atomic E-state index is -4.66. The van der Waals surface area contributed by atoms with Crippen LogP contribution >= 0.6 is 22.7 Å². The molecule has 0 amide bonds. The number of benzene rings is 3. The largest absolute Gasteiger partial charge is 0.416 e. The van der Waals surface area contributed by atoms with Crippen LogP contribution in [0.1, 0.15) is 44.0 Å². The van der Waals surface area contributed by atoms with E-state index in [0.717, 1.165) is 44.8 Å². The molecule has 3 aromatic carbocycles. The molecule has 0 bridgehead atoms. The van der Waals surface area contributed by atoms with Gasteiger partial charge in [-0.25, -0.2) is 38.3 Å². The first-order valence-corrected chi connectivity index (χ1v) is 21.9. The van der Waals surface area contributed by atoms with E-state index in [1.807, 2.05) is 36.4 Å². The van der Waals surface area contributed by atoms with Crippen LogP contribution in [0.4, 0.5) is 25.1 Å². The Bertz CT molecular complexity index is 3050. The molecular formula is C42H31F3N12O2S3. The Morgan fingerprint density at radius 2 is 1.45 bits per heavy atom. The number of nitrogens with zero attached hydrogens (tertiary/aromatic N) is 9. The van der Waals surface area contributed by atoms with Crippen LogP contribution in [0.25, 0.3) is 20.4 Å². The van der Waals surface area contributed by atoms with Crippen LogP contribution in [0.15, 0.2) is 121 Å². The summed E-state index contributed by atoms with van der Waals surface area (Å²) in [6, 6.07) is 27.7. The van der Waals surface area contributed by atoms with Gasteiger partial charge < -0.3 is 10.6 Å². The summed E-state index contributed by atoms with van der Waals surface area (Å²) in [5.41, 5.74) is -0.423. The lowest BCUT2D eigenvalue weighted by molar-refractivity contribution is -0.137. The minimum absolute atomic E-state index is 0.0734. The van der Waals surface area contributed by atoms with Crippen molar-refractivity contribution in [3.8, 4) is 12.1 Å². The van der Waals surface area contributed by atoms with Gasteiger partial charge in [-0.2, -0.15) is 28.4 Å². The Hall–Kier alpha value is -6.97. The number of rotatable bonds is 15.